The van der Waals surface area contributed by atoms with Gasteiger partial charge in [-0.05, 0) is 37.4 Å². The molecule has 0 atom stereocenters. The molecule has 0 unspecified atom stereocenters. The number of halogens is 1. The standard InChI is InChI=1S/C20H20FN5O/c1-25-9-10-26(2)19(13-25)23-17-8-7-14(12-22)11-15(17)20(27)24-18-6-4-3-5-16(18)21/h3-8,11H,9-10,13H2,1-2H3,(H,24,27)/b23-19-. The Bertz CT molecular complexity index is 934. The van der Waals surface area contributed by atoms with Gasteiger partial charge in [0.05, 0.1) is 35.1 Å². The predicted octanol–water partition coefficient (Wildman–Crippen LogP) is 2.86. The van der Waals surface area contributed by atoms with Gasteiger partial charge in [-0.1, -0.05) is 12.1 Å². The van der Waals surface area contributed by atoms with Crippen molar-refractivity contribution in [2.75, 3.05) is 39.0 Å². The molecule has 0 saturated carbocycles. The minimum atomic E-state index is -0.524. The van der Waals surface area contributed by atoms with Crippen molar-refractivity contribution >= 4 is 23.1 Å². The van der Waals surface area contributed by atoms with Crippen molar-refractivity contribution in [1.82, 2.24) is 9.80 Å². The van der Waals surface area contributed by atoms with Gasteiger partial charge in [0.1, 0.15) is 11.7 Å². The topological polar surface area (TPSA) is 71.7 Å². The van der Waals surface area contributed by atoms with Crippen LogP contribution in [0.4, 0.5) is 15.8 Å². The smallest absolute Gasteiger partial charge is 0.257 e. The molecule has 1 aliphatic heterocycles. The fraction of sp³-hybridized carbons (Fsp3) is 0.250. The first-order chi connectivity index (χ1) is 13.0. The van der Waals surface area contributed by atoms with Gasteiger partial charge in [-0.2, -0.15) is 5.26 Å². The SMILES string of the molecule is CN1CCN(C)/C(=N\c2ccc(C#N)cc2C(=O)Nc2ccccc2F)C1. The minimum absolute atomic E-state index is 0.0815. The van der Waals surface area contributed by atoms with E-state index in [0.717, 1.165) is 18.9 Å². The summed E-state index contributed by atoms with van der Waals surface area (Å²) >= 11 is 0. The second-order valence-electron chi connectivity index (χ2n) is 6.47. The molecule has 2 aromatic carbocycles. The summed E-state index contributed by atoms with van der Waals surface area (Å²) in [5.41, 5.74) is 1.09. The quantitative estimate of drug-likeness (QED) is 0.908. The summed E-state index contributed by atoms with van der Waals surface area (Å²) < 4.78 is 13.9. The van der Waals surface area contributed by atoms with E-state index in [1.165, 1.54) is 18.2 Å². The monoisotopic (exact) mass is 365 g/mol. The van der Waals surface area contributed by atoms with Gasteiger partial charge in [0.15, 0.2) is 0 Å². The van der Waals surface area contributed by atoms with Crippen LogP contribution in [0.5, 0.6) is 0 Å². The maximum absolute atomic E-state index is 13.9. The first-order valence-electron chi connectivity index (χ1n) is 8.55. The first kappa shape index (κ1) is 18.5. The maximum Gasteiger partial charge on any atom is 0.257 e. The van der Waals surface area contributed by atoms with Gasteiger partial charge in [-0.15, -0.1) is 0 Å². The largest absolute Gasteiger partial charge is 0.361 e. The third-order valence-electron chi connectivity index (χ3n) is 4.41. The van der Waals surface area contributed by atoms with Crippen LogP contribution in [0, 0.1) is 17.1 Å². The summed E-state index contributed by atoms with van der Waals surface area (Å²) in [6.45, 7) is 2.43. The lowest BCUT2D eigenvalue weighted by Gasteiger charge is -2.32. The van der Waals surface area contributed by atoms with Crippen molar-refractivity contribution in [2.45, 2.75) is 0 Å². The highest BCUT2D eigenvalue weighted by Gasteiger charge is 2.19. The molecule has 1 N–H and O–H groups in total. The number of hydrogen-bond donors (Lipinski definition) is 1. The van der Waals surface area contributed by atoms with Crippen molar-refractivity contribution in [3.8, 4) is 6.07 Å². The normalized spacial score (nSPS) is 16.2. The molecule has 6 nitrogen and oxygen atoms in total. The van der Waals surface area contributed by atoms with Gasteiger partial charge < -0.3 is 10.2 Å². The Labute approximate surface area is 157 Å². The molecule has 0 radical (unpaired) electrons. The van der Waals surface area contributed by atoms with Gasteiger partial charge >= 0.3 is 0 Å². The van der Waals surface area contributed by atoms with E-state index in [9.17, 15) is 14.4 Å². The Morgan fingerprint density at radius 2 is 2.00 bits per heavy atom. The lowest BCUT2D eigenvalue weighted by molar-refractivity contribution is 0.102. The van der Waals surface area contributed by atoms with E-state index in [0.29, 0.717) is 17.8 Å². The molecule has 1 fully saturated rings. The third-order valence-corrected chi connectivity index (χ3v) is 4.41. The second-order valence-corrected chi connectivity index (χ2v) is 6.47. The maximum atomic E-state index is 13.9. The van der Waals surface area contributed by atoms with Crippen molar-refractivity contribution in [2.24, 2.45) is 4.99 Å². The summed E-state index contributed by atoms with van der Waals surface area (Å²) in [6, 6.07) is 12.7. The van der Waals surface area contributed by atoms with Crippen molar-refractivity contribution in [3.05, 3.63) is 59.4 Å². The molecular formula is C20H20FN5O. The second kappa shape index (κ2) is 7.98. The van der Waals surface area contributed by atoms with E-state index in [2.05, 4.69) is 15.2 Å². The first-order valence-corrected chi connectivity index (χ1v) is 8.55. The number of nitrogens with zero attached hydrogens (tertiary/aromatic N) is 4. The Balaban J connectivity index is 1.97. The van der Waals surface area contributed by atoms with Crippen LogP contribution in [0.3, 0.4) is 0 Å². The van der Waals surface area contributed by atoms with Gasteiger partial charge in [0.25, 0.3) is 5.91 Å². The average Bonchev–Trinajstić information content (AvgIpc) is 2.66. The van der Waals surface area contributed by atoms with Gasteiger partial charge in [-0.25, -0.2) is 9.38 Å². The van der Waals surface area contributed by atoms with Crippen molar-refractivity contribution in [3.63, 3.8) is 0 Å². The number of nitriles is 1. The number of nitrogens with one attached hydrogen (secondary N) is 1. The Morgan fingerprint density at radius 1 is 1.22 bits per heavy atom. The number of piperazine rings is 1. The molecular weight excluding hydrogens is 345 g/mol. The molecule has 1 aliphatic rings. The van der Waals surface area contributed by atoms with Crippen LogP contribution < -0.4 is 5.32 Å². The van der Waals surface area contributed by atoms with E-state index in [1.54, 1.807) is 24.3 Å². The molecule has 1 amide bonds. The predicted molar refractivity (Wildman–Crippen MR) is 103 cm³/mol. The number of likely N-dealkylation sites (N-methyl/N-ethyl adjacent to an activating group) is 2. The highest BCUT2D eigenvalue weighted by molar-refractivity contribution is 6.08. The van der Waals surface area contributed by atoms with E-state index < -0.39 is 11.7 Å². The number of anilines is 1. The van der Waals surface area contributed by atoms with Crippen LogP contribution in [-0.4, -0.2) is 55.3 Å². The molecule has 0 bridgehead atoms. The van der Waals surface area contributed by atoms with Crippen molar-refractivity contribution < 1.29 is 9.18 Å². The molecule has 1 saturated heterocycles. The zero-order valence-corrected chi connectivity index (χ0v) is 15.2. The zero-order valence-electron chi connectivity index (χ0n) is 15.2. The van der Waals surface area contributed by atoms with Gasteiger partial charge in [-0.3, -0.25) is 9.69 Å². The van der Waals surface area contributed by atoms with Crippen LogP contribution in [-0.2, 0) is 0 Å². The van der Waals surface area contributed by atoms with Crippen LogP contribution in [0.1, 0.15) is 15.9 Å². The Morgan fingerprint density at radius 3 is 2.74 bits per heavy atom. The molecule has 2 aromatic rings. The number of para-hydroxylation sites is 1. The minimum Gasteiger partial charge on any atom is -0.361 e. The van der Waals surface area contributed by atoms with Crippen LogP contribution in [0.25, 0.3) is 0 Å². The molecule has 27 heavy (non-hydrogen) atoms. The Hall–Kier alpha value is -3.24. The number of benzene rings is 2. The number of aliphatic imine (C=N–C) groups is 1. The highest BCUT2D eigenvalue weighted by atomic mass is 19.1. The zero-order chi connectivity index (χ0) is 19.4. The van der Waals surface area contributed by atoms with Crippen molar-refractivity contribution in [1.29, 1.82) is 5.26 Å². The molecule has 7 heteroatoms. The van der Waals surface area contributed by atoms with Crippen LogP contribution in [0.2, 0.25) is 0 Å². The lowest BCUT2D eigenvalue weighted by atomic mass is 10.1. The third kappa shape index (κ3) is 4.30. The van der Waals surface area contributed by atoms with Gasteiger partial charge in [0, 0.05) is 20.1 Å². The Kier molecular flexibility index (Phi) is 5.48. The average molecular weight is 365 g/mol. The number of amides is 1. The lowest BCUT2D eigenvalue weighted by Crippen LogP contribution is -2.46. The summed E-state index contributed by atoms with van der Waals surface area (Å²) in [4.78, 5) is 21.6. The van der Waals surface area contributed by atoms with E-state index in [1.807, 2.05) is 25.1 Å². The summed E-state index contributed by atoms with van der Waals surface area (Å²) in [5.74, 6) is -0.208. The summed E-state index contributed by atoms with van der Waals surface area (Å²) in [7, 11) is 3.96. The molecule has 3 rings (SSSR count). The summed E-state index contributed by atoms with van der Waals surface area (Å²) in [6.07, 6.45) is 0. The highest BCUT2D eigenvalue weighted by Crippen LogP contribution is 2.24. The molecule has 0 spiro atoms. The van der Waals surface area contributed by atoms with E-state index >= 15 is 0 Å². The molecule has 138 valence electrons. The number of carbonyl (C=O) groups is 1. The summed E-state index contributed by atoms with van der Waals surface area (Å²) in [5, 5.41) is 11.7. The van der Waals surface area contributed by atoms with Gasteiger partial charge in [0.2, 0.25) is 0 Å². The fourth-order valence-corrected chi connectivity index (χ4v) is 2.79. The molecule has 0 aliphatic carbocycles. The number of hydrogen-bond acceptors (Lipinski definition) is 4. The number of carbonyl (C=O) groups excluding carboxylic acids is 1. The number of amidine groups is 1. The molecule has 1 heterocycles. The number of rotatable bonds is 3. The van der Waals surface area contributed by atoms with E-state index in [4.69, 9.17) is 0 Å². The fourth-order valence-electron chi connectivity index (χ4n) is 2.79. The van der Waals surface area contributed by atoms with E-state index in [-0.39, 0.29) is 11.3 Å². The molecule has 0 aromatic heterocycles. The van der Waals surface area contributed by atoms with Crippen LogP contribution in [0.15, 0.2) is 47.5 Å². The van der Waals surface area contributed by atoms with Crippen LogP contribution >= 0.6 is 0 Å².